The van der Waals surface area contributed by atoms with Crippen LogP contribution in [0.15, 0.2) is 30.3 Å². The molecule has 21 heavy (non-hydrogen) atoms. The van der Waals surface area contributed by atoms with Gasteiger partial charge in [0.2, 0.25) is 0 Å². The lowest BCUT2D eigenvalue weighted by molar-refractivity contribution is 0.0694. The van der Waals surface area contributed by atoms with E-state index in [0.717, 1.165) is 16.7 Å². The Labute approximate surface area is 123 Å². The molecule has 0 saturated carbocycles. The second kappa shape index (κ2) is 5.87. The summed E-state index contributed by atoms with van der Waals surface area (Å²) in [6.07, 6.45) is 0. The minimum Gasteiger partial charge on any atom is -0.497 e. The second-order valence-corrected chi connectivity index (χ2v) is 4.92. The number of rotatable bonds is 4. The van der Waals surface area contributed by atoms with E-state index >= 15 is 0 Å². The predicted octanol–water partition coefficient (Wildman–Crippen LogP) is 4.11. The highest BCUT2D eigenvalue weighted by atomic mass is 16.5. The van der Waals surface area contributed by atoms with Gasteiger partial charge in [-0.1, -0.05) is 12.1 Å². The number of carboxylic acid groups (broad SMARTS) is 1. The number of benzene rings is 2. The minimum absolute atomic E-state index is 0.108. The van der Waals surface area contributed by atoms with Crippen LogP contribution >= 0.6 is 0 Å². The fraction of sp³-hybridized carbons (Fsp3) is 0.235. The van der Waals surface area contributed by atoms with Crippen molar-refractivity contribution in [1.29, 1.82) is 0 Å². The molecule has 0 spiro atoms. The molecule has 110 valence electrons. The van der Waals surface area contributed by atoms with Crippen LogP contribution in [0, 0.1) is 20.8 Å². The minimum atomic E-state index is -1.03. The van der Waals surface area contributed by atoms with E-state index in [9.17, 15) is 9.90 Å². The van der Waals surface area contributed by atoms with Gasteiger partial charge in [-0.05, 0) is 49.6 Å². The molecule has 1 N–H and O–H groups in total. The van der Waals surface area contributed by atoms with E-state index in [-0.39, 0.29) is 11.3 Å². The molecule has 0 aromatic heterocycles. The van der Waals surface area contributed by atoms with Crippen molar-refractivity contribution in [3.63, 3.8) is 0 Å². The Morgan fingerprint density at radius 2 is 1.71 bits per heavy atom. The first-order chi connectivity index (χ1) is 9.93. The number of carbonyl (C=O) groups is 1. The van der Waals surface area contributed by atoms with Gasteiger partial charge in [-0.3, -0.25) is 0 Å². The van der Waals surface area contributed by atoms with Crippen LogP contribution in [0.25, 0.3) is 0 Å². The zero-order valence-corrected chi connectivity index (χ0v) is 12.6. The normalized spacial score (nSPS) is 10.3. The van der Waals surface area contributed by atoms with Gasteiger partial charge >= 0.3 is 5.97 Å². The predicted molar refractivity (Wildman–Crippen MR) is 80.7 cm³/mol. The Bertz CT molecular complexity index is 689. The molecule has 0 atom stereocenters. The number of hydrogen-bond donors (Lipinski definition) is 1. The maximum Gasteiger partial charge on any atom is 0.339 e. The van der Waals surface area contributed by atoms with Gasteiger partial charge in [-0.2, -0.15) is 0 Å². The van der Waals surface area contributed by atoms with E-state index in [1.807, 2.05) is 32.9 Å². The smallest absolute Gasteiger partial charge is 0.339 e. The van der Waals surface area contributed by atoms with E-state index in [4.69, 9.17) is 9.47 Å². The third-order valence-corrected chi connectivity index (χ3v) is 3.50. The first kappa shape index (κ1) is 14.9. The van der Waals surface area contributed by atoms with Crippen molar-refractivity contribution in [3.8, 4) is 17.2 Å². The maximum atomic E-state index is 11.3. The highest BCUT2D eigenvalue weighted by Gasteiger charge is 2.16. The first-order valence-corrected chi connectivity index (χ1v) is 6.60. The summed E-state index contributed by atoms with van der Waals surface area (Å²) in [5, 5.41) is 9.28. The standard InChI is InChI=1S/C17H18O4/c1-10-5-6-11(2)16(12(10)3)21-15-9-13(20-4)7-8-14(15)17(18)19/h5-9H,1-4H3,(H,18,19). The third kappa shape index (κ3) is 2.99. The largest absolute Gasteiger partial charge is 0.497 e. The van der Waals surface area contributed by atoms with Crippen LogP contribution in [0.4, 0.5) is 0 Å². The molecule has 0 aliphatic heterocycles. The van der Waals surface area contributed by atoms with Gasteiger partial charge in [0.15, 0.2) is 0 Å². The van der Waals surface area contributed by atoms with Gasteiger partial charge in [0.25, 0.3) is 0 Å². The molecule has 0 amide bonds. The van der Waals surface area contributed by atoms with E-state index in [0.29, 0.717) is 11.5 Å². The van der Waals surface area contributed by atoms with E-state index < -0.39 is 5.97 Å². The van der Waals surface area contributed by atoms with Crippen LogP contribution in [0.1, 0.15) is 27.0 Å². The maximum absolute atomic E-state index is 11.3. The van der Waals surface area contributed by atoms with Crippen LogP contribution < -0.4 is 9.47 Å². The molecule has 0 aliphatic rings. The van der Waals surface area contributed by atoms with Gasteiger partial charge in [0.1, 0.15) is 22.8 Å². The van der Waals surface area contributed by atoms with Crippen molar-refractivity contribution in [2.24, 2.45) is 0 Å². The van der Waals surface area contributed by atoms with E-state index in [1.165, 1.54) is 13.2 Å². The van der Waals surface area contributed by atoms with E-state index in [1.54, 1.807) is 12.1 Å². The summed E-state index contributed by atoms with van der Waals surface area (Å²) in [6.45, 7) is 5.88. The van der Waals surface area contributed by atoms with Crippen molar-refractivity contribution < 1.29 is 19.4 Å². The molecular weight excluding hydrogens is 268 g/mol. The van der Waals surface area contributed by atoms with Crippen molar-refractivity contribution >= 4 is 5.97 Å². The van der Waals surface area contributed by atoms with Crippen molar-refractivity contribution in [1.82, 2.24) is 0 Å². The molecule has 4 nitrogen and oxygen atoms in total. The van der Waals surface area contributed by atoms with Gasteiger partial charge in [-0.15, -0.1) is 0 Å². The first-order valence-electron chi connectivity index (χ1n) is 6.60. The van der Waals surface area contributed by atoms with Crippen LogP contribution in [-0.4, -0.2) is 18.2 Å². The summed E-state index contributed by atoms with van der Waals surface area (Å²) in [6, 6.07) is 8.65. The third-order valence-electron chi connectivity index (χ3n) is 3.50. The molecule has 0 aliphatic carbocycles. The molecule has 0 heterocycles. The van der Waals surface area contributed by atoms with Gasteiger partial charge < -0.3 is 14.6 Å². The molecule has 0 bridgehead atoms. The Balaban J connectivity index is 2.53. The number of ether oxygens (including phenoxy) is 2. The Kier molecular flexibility index (Phi) is 4.17. The summed E-state index contributed by atoms with van der Waals surface area (Å²) in [7, 11) is 1.53. The van der Waals surface area contributed by atoms with Crippen LogP contribution in [0.5, 0.6) is 17.2 Å². The van der Waals surface area contributed by atoms with Crippen LogP contribution in [0.3, 0.4) is 0 Å². The number of methoxy groups -OCH3 is 1. The lowest BCUT2D eigenvalue weighted by atomic mass is 10.1. The van der Waals surface area contributed by atoms with Gasteiger partial charge in [0.05, 0.1) is 7.11 Å². The number of carboxylic acids is 1. The van der Waals surface area contributed by atoms with Crippen molar-refractivity contribution in [2.75, 3.05) is 7.11 Å². The topological polar surface area (TPSA) is 55.8 Å². The molecule has 0 fully saturated rings. The molecule has 0 unspecified atom stereocenters. The lowest BCUT2D eigenvalue weighted by Crippen LogP contribution is -2.02. The average Bonchev–Trinajstić information content (AvgIpc) is 2.47. The lowest BCUT2D eigenvalue weighted by Gasteiger charge is -2.15. The summed E-state index contributed by atoms with van der Waals surface area (Å²) < 4.78 is 11.0. The molecule has 4 heteroatoms. The molecular formula is C17H18O4. The van der Waals surface area contributed by atoms with Crippen LogP contribution in [-0.2, 0) is 0 Å². The van der Waals surface area contributed by atoms with Gasteiger partial charge in [0, 0.05) is 6.07 Å². The molecule has 2 aromatic rings. The monoisotopic (exact) mass is 286 g/mol. The average molecular weight is 286 g/mol. The molecule has 0 saturated heterocycles. The van der Waals surface area contributed by atoms with E-state index in [2.05, 4.69) is 0 Å². The second-order valence-electron chi connectivity index (χ2n) is 4.92. The molecule has 0 radical (unpaired) electrons. The summed E-state index contributed by atoms with van der Waals surface area (Å²) in [5.41, 5.74) is 3.15. The zero-order valence-electron chi connectivity index (χ0n) is 12.6. The SMILES string of the molecule is COc1ccc(C(=O)O)c(Oc2c(C)ccc(C)c2C)c1. The number of hydrogen-bond acceptors (Lipinski definition) is 3. The summed E-state index contributed by atoms with van der Waals surface area (Å²) in [4.78, 5) is 11.3. The summed E-state index contributed by atoms with van der Waals surface area (Å²) >= 11 is 0. The Morgan fingerprint density at radius 1 is 1.05 bits per heavy atom. The fourth-order valence-electron chi connectivity index (χ4n) is 2.08. The van der Waals surface area contributed by atoms with Crippen LogP contribution in [0.2, 0.25) is 0 Å². The summed E-state index contributed by atoms with van der Waals surface area (Å²) in [5.74, 6) is 0.484. The van der Waals surface area contributed by atoms with Gasteiger partial charge in [-0.25, -0.2) is 4.79 Å². The van der Waals surface area contributed by atoms with Crippen molar-refractivity contribution in [3.05, 3.63) is 52.6 Å². The highest BCUT2D eigenvalue weighted by molar-refractivity contribution is 5.91. The highest BCUT2D eigenvalue weighted by Crippen LogP contribution is 2.34. The number of aromatic carboxylic acids is 1. The zero-order chi connectivity index (χ0) is 15.6. The Morgan fingerprint density at radius 3 is 2.33 bits per heavy atom. The molecule has 2 rings (SSSR count). The quantitative estimate of drug-likeness (QED) is 0.919. The fourth-order valence-corrected chi connectivity index (χ4v) is 2.08. The molecule has 2 aromatic carbocycles. The Hall–Kier alpha value is -2.49. The van der Waals surface area contributed by atoms with Crippen molar-refractivity contribution in [2.45, 2.75) is 20.8 Å². The number of aryl methyl sites for hydroxylation is 2.